The quantitative estimate of drug-likeness (QED) is 0.831. The first-order chi connectivity index (χ1) is 9.15. The van der Waals surface area contributed by atoms with E-state index in [2.05, 4.69) is 23.1 Å². The van der Waals surface area contributed by atoms with Crippen molar-refractivity contribution in [2.24, 2.45) is 18.7 Å². The van der Waals surface area contributed by atoms with Crippen LogP contribution in [0.5, 0.6) is 0 Å². The molecule has 2 atom stereocenters. The van der Waals surface area contributed by atoms with E-state index in [1.165, 1.54) is 5.56 Å². The Morgan fingerprint density at radius 3 is 2.63 bits per heavy atom. The lowest BCUT2D eigenvalue weighted by atomic mass is 9.92. The molecule has 5 heteroatoms. The van der Waals surface area contributed by atoms with E-state index in [1.807, 2.05) is 17.9 Å². The number of aromatic nitrogens is 2. The average molecular weight is 266 g/mol. The van der Waals surface area contributed by atoms with Gasteiger partial charge in [-0.25, -0.2) is 0 Å². The monoisotopic (exact) mass is 266 g/mol. The molecule has 19 heavy (non-hydrogen) atoms. The number of likely N-dealkylation sites (tertiary alicyclic amines) is 1. The molecule has 3 N–H and O–H groups in total. The Morgan fingerprint density at radius 1 is 1.47 bits per heavy atom. The molecule has 1 aromatic heterocycles. The van der Waals surface area contributed by atoms with Crippen LogP contribution in [0.1, 0.15) is 37.8 Å². The van der Waals surface area contributed by atoms with Gasteiger partial charge in [0.2, 0.25) is 0 Å². The van der Waals surface area contributed by atoms with Crippen LogP contribution in [0.15, 0.2) is 12.4 Å². The topological polar surface area (TPSA) is 67.3 Å². The largest absolute Gasteiger partial charge is 0.396 e. The van der Waals surface area contributed by atoms with Gasteiger partial charge in [-0.3, -0.25) is 9.58 Å². The fourth-order valence-electron chi connectivity index (χ4n) is 2.96. The summed E-state index contributed by atoms with van der Waals surface area (Å²) in [6.45, 7) is 4.47. The summed E-state index contributed by atoms with van der Waals surface area (Å²) in [6, 6.07) is 0.383. The fourth-order valence-corrected chi connectivity index (χ4v) is 2.96. The van der Waals surface area contributed by atoms with E-state index in [4.69, 9.17) is 5.73 Å². The third kappa shape index (κ3) is 3.35. The Hall–Kier alpha value is -0.910. The van der Waals surface area contributed by atoms with Crippen LogP contribution in [0.4, 0.5) is 0 Å². The van der Waals surface area contributed by atoms with Crippen LogP contribution in [0.3, 0.4) is 0 Å². The molecule has 1 fully saturated rings. The highest BCUT2D eigenvalue weighted by molar-refractivity contribution is 5.13. The van der Waals surface area contributed by atoms with Gasteiger partial charge in [0.05, 0.1) is 12.2 Å². The van der Waals surface area contributed by atoms with Crippen molar-refractivity contribution in [2.45, 2.75) is 38.3 Å². The molecule has 0 bridgehead atoms. The Morgan fingerprint density at radius 2 is 2.16 bits per heavy atom. The Bertz CT molecular complexity index is 385. The average Bonchev–Trinajstić information content (AvgIpc) is 2.86. The maximum Gasteiger partial charge on any atom is 0.0538 e. The van der Waals surface area contributed by atoms with Gasteiger partial charge in [-0.2, -0.15) is 5.10 Å². The summed E-state index contributed by atoms with van der Waals surface area (Å²) < 4.78 is 1.84. The molecule has 1 aliphatic rings. The van der Waals surface area contributed by atoms with Crippen molar-refractivity contribution in [1.82, 2.24) is 14.7 Å². The summed E-state index contributed by atoms with van der Waals surface area (Å²) in [4.78, 5) is 2.46. The summed E-state index contributed by atoms with van der Waals surface area (Å²) in [5.74, 6) is 0.462. The molecule has 2 rings (SSSR count). The van der Waals surface area contributed by atoms with Gasteiger partial charge in [0.15, 0.2) is 0 Å². The molecular formula is C14H26N4O. The number of hydrogen-bond acceptors (Lipinski definition) is 4. The van der Waals surface area contributed by atoms with Crippen LogP contribution in [0, 0.1) is 5.92 Å². The van der Waals surface area contributed by atoms with E-state index in [-0.39, 0.29) is 12.1 Å². The number of aliphatic hydroxyl groups is 1. The lowest BCUT2D eigenvalue weighted by molar-refractivity contribution is 0.0884. The predicted octanol–water partition coefficient (Wildman–Crippen LogP) is 0.903. The molecule has 0 aromatic carbocycles. The smallest absolute Gasteiger partial charge is 0.0538 e. The molecule has 0 saturated carbocycles. The molecule has 2 unspecified atom stereocenters. The van der Waals surface area contributed by atoms with Gasteiger partial charge in [-0.15, -0.1) is 0 Å². The Labute approximate surface area is 115 Å². The number of nitrogens with two attached hydrogens (primary N) is 1. The minimum absolute atomic E-state index is 0.134. The third-order valence-corrected chi connectivity index (χ3v) is 4.24. The number of piperidine rings is 1. The molecule has 5 nitrogen and oxygen atoms in total. The molecule has 2 heterocycles. The molecule has 0 aliphatic carbocycles. The van der Waals surface area contributed by atoms with Gasteiger partial charge in [0.1, 0.15) is 0 Å². The highest BCUT2D eigenvalue weighted by Crippen LogP contribution is 2.29. The summed E-state index contributed by atoms with van der Waals surface area (Å²) >= 11 is 0. The predicted molar refractivity (Wildman–Crippen MR) is 75.6 cm³/mol. The summed E-state index contributed by atoms with van der Waals surface area (Å²) in [5, 5.41) is 13.5. The zero-order valence-corrected chi connectivity index (χ0v) is 12.0. The second-order valence-electron chi connectivity index (χ2n) is 5.63. The first kappa shape index (κ1) is 14.5. The summed E-state index contributed by atoms with van der Waals surface area (Å²) in [5.41, 5.74) is 7.54. The molecular weight excluding hydrogens is 240 g/mol. The van der Waals surface area contributed by atoms with Gasteiger partial charge < -0.3 is 10.8 Å². The lowest BCUT2D eigenvalue weighted by Crippen LogP contribution is -2.45. The number of hydrogen-bond donors (Lipinski definition) is 2. The van der Waals surface area contributed by atoms with Crippen LogP contribution in [0.2, 0.25) is 0 Å². The van der Waals surface area contributed by atoms with E-state index in [9.17, 15) is 5.11 Å². The zero-order valence-electron chi connectivity index (χ0n) is 12.0. The molecule has 0 amide bonds. The van der Waals surface area contributed by atoms with Crippen molar-refractivity contribution in [3.8, 4) is 0 Å². The molecule has 0 radical (unpaired) electrons. The second kappa shape index (κ2) is 6.50. The van der Waals surface area contributed by atoms with Crippen LogP contribution in [0.25, 0.3) is 0 Å². The van der Waals surface area contributed by atoms with Crippen LogP contribution >= 0.6 is 0 Å². The first-order valence-corrected chi connectivity index (χ1v) is 7.24. The number of nitrogens with zero attached hydrogens (tertiary/aromatic N) is 3. The van der Waals surface area contributed by atoms with E-state index >= 15 is 0 Å². The zero-order chi connectivity index (χ0) is 13.8. The second-order valence-corrected chi connectivity index (χ2v) is 5.63. The molecule has 1 aliphatic heterocycles. The number of rotatable bonds is 5. The van der Waals surface area contributed by atoms with Crippen molar-refractivity contribution in [3.05, 3.63) is 18.0 Å². The molecule has 0 spiro atoms. The fraction of sp³-hybridized carbons (Fsp3) is 0.786. The minimum atomic E-state index is 0.134. The number of aryl methyl sites for hydroxylation is 1. The normalized spacial score (nSPS) is 21.5. The van der Waals surface area contributed by atoms with Crippen molar-refractivity contribution >= 4 is 0 Å². The van der Waals surface area contributed by atoms with Crippen molar-refractivity contribution in [2.75, 3.05) is 19.7 Å². The van der Waals surface area contributed by atoms with Gasteiger partial charge in [0, 0.05) is 31.5 Å². The highest BCUT2D eigenvalue weighted by atomic mass is 16.3. The van der Waals surface area contributed by atoms with E-state index in [0.717, 1.165) is 32.4 Å². The Balaban J connectivity index is 2.10. The maximum absolute atomic E-state index is 9.24. The van der Waals surface area contributed by atoms with Crippen LogP contribution in [-0.4, -0.2) is 45.5 Å². The Kier molecular flexibility index (Phi) is 4.96. The van der Waals surface area contributed by atoms with Gasteiger partial charge in [-0.05, 0) is 38.3 Å². The number of aliphatic hydroxyl groups excluding tert-OH is 1. The van der Waals surface area contributed by atoms with Crippen LogP contribution < -0.4 is 5.73 Å². The van der Waals surface area contributed by atoms with Crippen LogP contribution in [-0.2, 0) is 7.05 Å². The third-order valence-electron chi connectivity index (χ3n) is 4.24. The van der Waals surface area contributed by atoms with Gasteiger partial charge >= 0.3 is 0 Å². The molecule has 1 saturated heterocycles. The molecule has 1 aromatic rings. The maximum atomic E-state index is 9.24. The summed E-state index contributed by atoms with van der Waals surface area (Å²) in [6.07, 6.45) is 7.07. The van der Waals surface area contributed by atoms with Gasteiger partial charge in [-0.1, -0.05) is 6.92 Å². The SMILES string of the molecule is CCC(N)C(c1cnn(C)c1)N1CCC(CO)CC1. The van der Waals surface area contributed by atoms with E-state index in [1.54, 1.807) is 0 Å². The minimum Gasteiger partial charge on any atom is -0.396 e. The lowest BCUT2D eigenvalue weighted by Gasteiger charge is -2.39. The van der Waals surface area contributed by atoms with Crippen molar-refractivity contribution < 1.29 is 5.11 Å². The highest BCUT2D eigenvalue weighted by Gasteiger charge is 2.30. The molecule has 108 valence electrons. The van der Waals surface area contributed by atoms with Gasteiger partial charge in [0.25, 0.3) is 0 Å². The standard InChI is InChI=1S/C14H26N4O/c1-3-13(15)14(12-8-16-17(2)9-12)18-6-4-11(10-19)5-7-18/h8-9,11,13-14,19H,3-7,10,15H2,1-2H3. The van der Waals surface area contributed by atoms with E-state index in [0.29, 0.717) is 12.5 Å². The first-order valence-electron chi connectivity index (χ1n) is 7.24. The summed E-state index contributed by atoms with van der Waals surface area (Å²) in [7, 11) is 1.94. The van der Waals surface area contributed by atoms with E-state index < -0.39 is 0 Å². The van der Waals surface area contributed by atoms with Crippen molar-refractivity contribution in [1.29, 1.82) is 0 Å². The van der Waals surface area contributed by atoms with Crippen molar-refractivity contribution in [3.63, 3.8) is 0 Å².